The first-order valence-corrected chi connectivity index (χ1v) is 7.64. The molecule has 7 nitrogen and oxygen atoms in total. The largest absolute Gasteiger partial charge is 0.454 e. The number of piperidine rings is 1. The van der Waals surface area contributed by atoms with E-state index in [4.69, 9.17) is 14.2 Å². The van der Waals surface area contributed by atoms with Gasteiger partial charge in [0, 0.05) is 37.9 Å². The Kier molecular flexibility index (Phi) is 4.66. The van der Waals surface area contributed by atoms with Crippen molar-refractivity contribution >= 4 is 17.5 Å². The molecule has 1 aromatic carbocycles. The van der Waals surface area contributed by atoms with Crippen LogP contribution in [0, 0.1) is 5.92 Å². The number of anilines is 1. The van der Waals surface area contributed by atoms with Crippen LogP contribution in [0.1, 0.15) is 12.8 Å². The summed E-state index contributed by atoms with van der Waals surface area (Å²) in [6.45, 7) is 1.47. The standard InChI is InChI=1S/C16H20N2O5/c1-21-9-15(19)18-6-4-11(5-7-18)16(20)17-12-2-3-13-14(8-12)23-10-22-13/h2-3,8,11H,4-7,9-10H2,1H3,(H,17,20). The fraction of sp³-hybridized carbons (Fsp3) is 0.500. The molecule has 0 aromatic heterocycles. The number of benzene rings is 1. The van der Waals surface area contributed by atoms with Gasteiger partial charge in [0.1, 0.15) is 6.61 Å². The number of carbonyl (C=O) groups excluding carboxylic acids is 2. The predicted octanol–water partition coefficient (Wildman–Crippen LogP) is 1.24. The molecule has 1 saturated heterocycles. The highest BCUT2D eigenvalue weighted by molar-refractivity contribution is 5.93. The Morgan fingerprint density at radius 2 is 2.00 bits per heavy atom. The highest BCUT2D eigenvalue weighted by Crippen LogP contribution is 2.34. The van der Waals surface area contributed by atoms with E-state index in [2.05, 4.69) is 5.32 Å². The van der Waals surface area contributed by atoms with Gasteiger partial charge in [-0.25, -0.2) is 0 Å². The lowest BCUT2D eigenvalue weighted by Crippen LogP contribution is -2.42. The summed E-state index contributed by atoms with van der Waals surface area (Å²) in [4.78, 5) is 25.9. The molecular weight excluding hydrogens is 300 g/mol. The molecule has 7 heteroatoms. The number of fused-ring (bicyclic) bond motifs is 1. The Hall–Kier alpha value is -2.28. The summed E-state index contributed by atoms with van der Waals surface area (Å²) < 4.78 is 15.4. The van der Waals surface area contributed by atoms with Crippen molar-refractivity contribution in [3.05, 3.63) is 18.2 Å². The van der Waals surface area contributed by atoms with E-state index >= 15 is 0 Å². The fourth-order valence-corrected chi connectivity index (χ4v) is 2.82. The van der Waals surface area contributed by atoms with E-state index in [1.54, 1.807) is 23.1 Å². The quantitative estimate of drug-likeness (QED) is 0.903. The van der Waals surface area contributed by atoms with Crippen LogP contribution >= 0.6 is 0 Å². The molecule has 1 N–H and O–H groups in total. The first-order valence-electron chi connectivity index (χ1n) is 7.64. The number of hydrogen-bond acceptors (Lipinski definition) is 5. The number of nitrogens with zero attached hydrogens (tertiary/aromatic N) is 1. The van der Waals surface area contributed by atoms with Gasteiger partial charge in [0.05, 0.1) is 0 Å². The summed E-state index contributed by atoms with van der Waals surface area (Å²) in [7, 11) is 1.50. The van der Waals surface area contributed by atoms with Crippen molar-refractivity contribution in [2.24, 2.45) is 5.92 Å². The van der Waals surface area contributed by atoms with E-state index in [0.29, 0.717) is 43.1 Å². The van der Waals surface area contributed by atoms with Crippen molar-refractivity contribution in [3.63, 3.8) is 0 Å². The van der Waals surface area contributed by atoms with Crippen LogP contribution in [0.4, 0.5) is 5.69 Å². The minimum atomic E-state index is -0.0907. The van der Waals surface area contributed by atoms with E-state index in [1.165, 1.54) is 7.11 Å². The van der Waals surface area contributed by atoms with E-state index in [0.717, 1.165) is 0 Å². The van der Waals surface area contributed by atoms with Crippen molar-refractivity contribution < 1.29 is 23.8 Å². The van der Waals surface area contributed by atoms with Crippen LogP contribution in [0.25, 0.3) is 0 Å². The second kappa shape index (κ2) is 6.87. The third-order valence-corrected chi connectivity index (χ3v) is 4.13. The zero-order valence-corrected chi connectivity index (χ0v) is 13.0. The SMILES string of the molecule is COCC(=O)N1CCC(C(=O)Nc2ccc3c(c2)OCO3)CC1. The molecule has 0 spiro atoms. The first-order chi connectivity index (χ1) is 11.2. The van der Waals surface area contributed by atoms with Gasteiger partial charge in [0.15, 0.2) is 11.5 Å². The van der Waals surface area contributed by atoms with Crippen molar-refractivity contribution in [2.75, 3.05) is 38.9 Å². The van der Waals surface area contributed by atoms with Crippen molar-refractivity contribution in [3.8, 4) is 11.5 Å². The number of hydrogen-bond donors (Lipinski definition) is 1. The topological polar surface area (TPSA) is 77.1 Å². The summed E-state index contributed by atoms with van der Waals surface area (Å²) in [5, 5.41) is 2.91. The van der Waals surface area contributed by atoms with Crippen molar-refractivity contribution in [1.82, 2.24) is 4.90 Å². The van der Waals surface area contributed by atoms with Crippen LogP contribution in [-0.4, -0.2) is 50.3 Å². The van der Waals surface area contributed by atoms with Crippen LogP contribution in [0.5, 0.6) is 11.5 Å². The van der Waals surface area contributed by atoms with Gasteiger partial charge in [-0.1, -0.05) is 0 Å². The molecule has 2 amide bonds. The Morgan fingerprint density at radius 1 is 1.26 bits per heavy atom. The number of likely N-dealkylation sites (tertiary alicyclic amines) is 1. The lowest BCUT2D eigenvalue weighted by molar-refractivity contribution is -0.138. The molecule has 0 saturated carbocycles. The number of methoxy groups -OCH3 is 1. The average molecular weight is 320 g/mol. The maximum atomic E-state index is 12.4. The molecule has 0 atom stereocenters. The summed E-state index contributed by atoms with van der Waals surface area (Å²) >= 11 is 0. The van der Waals surface area contributed by atoms with E-state index in [-0.39, 0.29) is 31.1 Å². The molecule has 2 aliphatic rings. The van der Waals surface area contributed by atoms with Crippen molar-refractivity contribution in [2.45, 2.75) is 12.8 Å². The van der Waals surface area contributed by atoms with Gasteiger partial charge >= 0.3 is 0 Å². The maximum absolute atomic E-state index is 12.4. The number of carbonyl (C=O) groups is 2. The monoisotopic (exact) mass is 320 g/mol. The van der Waals surface area contributed by atoms with Gasteiger partial charge in [-0.15, -0.1) is 0 Å². The number of rotatable bonds is 4. The summed E-state index contributed by atoms with van der Waals surface area (Å²) in [5.74, 6) is 1.19. The third-order valence-electron chi connectivity index (χ3n) is 4.13. The molecule has 0 bridgehead atoms. The minimum absolute atomic E-state index is 0.0253. The molecule has 0 radical (unpaired) electrons. The van der Waals surface area contributed by atoms with Crippen LogP contribution < -0.4 is 14.8 Å². The Morgan fingerprint density at radius 3 is 2.74 bits per heavy atom. The zero-order valence-electron chi connectivity index (χ0n) is 13.0. The van der Waals surface area contributed by atoms with Crippen LogP contribution in [0.3, 0.4) is 0 Å². The summed E-state index contributed by atoms with van der Waals surface area (Å²) in [5.41, 5.74) is 0.692. The molecule has 2 heterocycles. The van der Waals surface area contributed by atoms with Crippen LogP contribution in [0.15, 0.2) is 18.2 Å². The van der Waals surface area contributed by atoms with Gasteiger partial charge in [0.2, 0.25) is 18.6 Å². The van der Waals surface area contributed by atoms with Gasteiger partial charge in [-0.05, 0) is 25.0 Å². The Balaban J connectivity index is 1.53. The maximum Gasteiger partial charge on any atom is 0.248 e. The number of amides is 2. The average Bonchev–Trinajstić information content (AvgIpc) is 3.03. The highest BCUT2D eigenvalue weighted by atomic mass is 16.7. The van der Waals surface area contributed by atoms with Crippen LogP contribution in [-0.2, 0) is 14.3 Å². The number of nitrogens with one attached hydrogen (secondary N) is 1. The molecule has 124 valence electrons. The van der Waals surface area contributed by atoms with Crippen LogP contribution in [0.2, 0.25) is 0 Å². The van der Waals surface area contributed by atoms with Crippen molar-refractivity contribution in [1.29, 1.82) is 0 Å². The van der Waals surface area contributed by atoms with Gasteiger partial charge < -0.3 is 24.4 Å². The second-order valence-electron chi connectivity index (χ2n) is 5.65. The van der Waals surface area contributed by atoms with Gasteiger partial charge in [-0.2, -0.15) is 0 Å². The van der Waals surface area contributed by atoms with E-state index < -0.39 is 0 Å². The minimum Gasteiger partial charge on any atom is -0.454 e. The molecule has 1 fully saturated rings. The highest BCUT2D eigenvalue weighted by Gasteiger charge is 2.27. The lowest BCUT2D eigenvalue weighted by atomic mass is 9.95. The molecule has 0 aliphatic carbocycles. The normalized spacial score (nSPS) is 17.2. The summed E-state index contributed by atoms with van der Waals surface area (Å²) in [6.07, 6.45) is 1.32. The third kappa shape index (κ3) is 3.56. The molecule has 2 aliphatic heterocycles. The molecular formula is C16H20N2O5. The van der Waals surface area contributed by atoms with E-state index in [9.17, 15) is 9.59 Å². The molecule has 3 rings (SSSR count). The second-order valence-corrected chi connectivity index (χ2v) is 5.65. The lowest BCUT2D eigenvalue weighted by Gasteiger charge is -2.31. The molecule has 1 aromatic rings. The predicted molar refractivity (Wildman–Crippen MR) is 82.4 cm³/mol. The fourth-order valence-electron chi connectivity index (χ4n) is 2.82. The number of ether oxygens (including phenoxy) is 3. The smallest absolute Gasteiger partial charge is 0.248 e. The Bertz CT molecular complexity index is 596. The zero-order chi connectivity index (χ0) is 16.2. The first kappa shape index (κ1) is 15.6. The van der Waals surface area contributed by atoms with E-state index in [1.807, 2.05) is 0 Å². The summed E-state index contributed by atoms with van der Waals surface area (Å²) in [6, 6.07) is 5.34. The van der Waals surface area contributed by atoms with Gasteiger partial charge in [0.25, 0.3) is 0 Å². The molecule has 23 heavy (non-hydrogen) atoms. The Labute approximate surface area is 134 Å². The molecule has 0 unspecified atom stereocenters. The van der Waals surface area contributed by atoms with Gasteiger partial charge in [-0.3, -0.25) is 9.59 Å².